The number of hydrogen-bond donors (Lipinski definition) is 2. The van der Waals surface area contributed by atoms with Crippen molar-refractivity contribution in [3.8, 4) is 0 Å². The number of aliphatic carboxylic acids is 1. The van der Waals surface area contributed by atoms with Gasteiger partial charge in [0.1, 0.15) is 0 Å². The van der Waals surface area contributed by atoms with Gasteiger partial charge in [0.05, 0.1) is 5.92 Å². The largest absolute Gasteiger partial charge is 0.481 e. The van der Waals surface area contributed by atoms with Crippen molar-refractivity contribution < 1.29 is 14.7 Å². The summed E-state index contributed by atoms with van der Waals surface area (Å²) < 4.78 is 0. The molecule has 1 atom stereocenters. The summed E-state index contributed by atoms with van der Waals surface area (Å²) in [7, 11) is 0. The molecular formula is C13H23NO3. The number of nitrogens with one attached hydrogen (secondary N) is 1. The smallest absolute Gasteiger partial charge is 0.307 e. The van der Waals surface area contributed by atoms with Crippen LogP contribution in [-0.2, 0) is 9.59 Å². The second-order valence-electron chi connectivity index (χ2n) is 4.85. The topological polar surface area (TPSA) is 66.4 Å². The summed E-state index contributed by atoms with van der Waals surface area (Å²) in [6.07, 6.45) is 6.64. The van der Waals surface area contributed by atoms with Crippen molar-refractivity contribution >= 4 is 11.9 Å². The second kappa shape index (κ2) is 7.30. The van der Waals surface area contributed by atoms with E-state index in [1.165, 1.54) is 12.8 Å². The quantitative estimate of drug-likeness (QED) is 0.725. The average Bonchev–Trinajstić information content (AvgIpc) is 2.54. The van der Waals surface area contributed by atoms with E-state index in [1.807, 2.05) is 6.92 Å². The Hall–Kier alpha value is -1.06. The van der Waals surface area contributed by atoms with Gasteiger partial charge in [0.2, 0.25) is 5.91 Å². The molecule has 1 aliphatic carbocycles. The molecule has 1 aliphatic rings. The lowest BCUT2D eigenvalue weighted by Gasteiger charge is -2.21. The summed E-state index contributed by atoms with van der Waals surface area (Å²) >= 11 is 0. The molecule has 0 aliphatic heterocycles. The Morgan fingerprint density at radius 3 is 2.29 bits per heavy atom. The Kier molecular flexibility index (Phi) is 6.01. The van der Waals surface area contributed by atoms with Gasteiger partial charge in [-0.05, 0) is 25.7 Å². The molecule has 0 spiro atoms. The Labute approximate surface area is 103 Å². The highest BCUT2D eigenvalue weighted by Crippen LogP contribution is 2.31. The molecule has 0 aromatic carbocycles. The first kappa shape index (κ1) is 14.0. The molecule has 98 valence electrons. The predicted octanol–water partition coefficient (Wildman–Crippen LogP) is 2.18. The van der Waals surface area contributed by atoms with Gasteiger partial charge >= 0.3 is 5.97 Å². The van der Waals surface area contributed by atoms with Crippen LogP contribution in [0.1, 0.15) is 51.9 Å². The highest BCUT2D eigenvalue weighted by atomic mass is 16.4. The maximum Gasteiger partial charge on any atom is 0.307 e. The fraction of sp³-hybridized carbons (Fsp3) is 0.846. The van der Waals surface area contributed by atoms with Crippen LogP contribution in [0.15, 0.2) is 0 Å². The van der Waals surface area contributed by atoms with Gasteiger partial charge in [-0.1, -0.05) is 25.7 Å². The summed E-state index contributed by atoms with van der Waals surface area (Å²) in [6.45, 7) is 2.41. The Balaban J connectivity index is 2.57. The summed E-state index contributed by atoms with van der Waals surface area (Å²) in [4.78, 5) is 22.8. The molecule has 0 bridgehead atoms. The minimum Gasteiger partial charge on any atom is -0.481 e. The number of carbonyl (C=O) groups is 2. The molecule has 0 aromatic rings. The molecule has 1 saturated carbocycles. The molecule has 1 rings (SSSR count). The SMILES string of the molecule is CCNC(=O)CC(C(=O)O)C1CCCCCC1. The van der Waals surface area contributed by atoms with E-state index in [1.54, 1.807) is 0 Å². The van der Waals surface area contributed by atoms with Gasteiger partial charge in [-0.15, -0.1) is 0 Å². The van der Waals surface area contributed by atoms with Crippen molar-refractivity contribution in [3.05, 3.63) is 0 Å². The van der Waals surface area contributed by atoms with Crippen LogP contribution >= 0.6 is 0 Å². The fourth-order valence-corrected chi connectivity index (χ4v) is 2.64. The summed E-state index contributed by atoms with van der Waals surface area (Å²) in [5.74, 6) is -1.27. The van der Waals surface area contributed by atoms with Gasteiger partial charge < -0.3 is 10.4 Å². The number of carboxylic acids is 1. The van der Waals surface area contributed by atoms with E-state index in [-0.39, 0.29) is 18.2 Å². The van der Waals surface area contributed by atoms with Crippen molar-refractivity contribution in [2.75, 3.05) is 6.54 Å². The van der Waals surface area contributed by atoms with Crippen molar-refractivity contribution in [3.63, 3.8) is 0 Å². The molecule has 0 heterocycles. The first-order valence-electron chi connectivity index (χ1n) is 6.64. The van der Waals surface area contributed by atoms with Crippen LogP contribution in [0.4, 0.5) is 0 Å². The van der Waals surface area contributed by atoms with E-state index in [0.29, 0.717) is 6.54 Å². The average molecular weight is 241 g/mol. The molecule has 1 fully saturated rings. The minimum atomic E-state index is -0.817. The van der Waals surface area contributed by atoms with Crippen molar-refractivity contribution in [2.24, 2.45) is 11.8 Å². The second-order valence-corrected chi connectivity index (χ2v) is 4.85. The lowest BCUT2D eigenvalue weighted by molar-refractivity contribution is -0.146. The highest BCUT2D eigenvalue weighted by molar-refractivity contribution is 5.82. The van der Waals surface area contributed by atoms with Crippen LogP contribution in [0.5, 0.6) is 0 Å². The highest BCUT2D eigenvalue weighted by Gasteiger charge is 2.30. The van der Waals surface area contributed by atoms with E-state index in [0.717, 1.165) is 25.7 Å². The standard InChI is InChI=1S/C13H23NO3/c1-2-14-12(15)9-11(13(16)17)10-7-5-3-4-6-8-10/h10-11H,2-9H2,1H3,(H,14,15)(H,16,17). The number of amides is 1. The van der Waals surface area contributed by atoms with Crippen molar-refractivity contribution in [1.29, 1.82) is 0 Å². The van der Waals surface area contributed by atoms with Crippen LogP contribution in [0.2, 0.25) is 0 Å². The monoisotopic (exact) mass is 241 g/mol. The zero-order valence-electron chi connectivity index (χ0n) is 10.6. The van der Waals surface area contributed by atoms with Gasteiger partial charge in [0.15, 0.2) is 0 Å². The van der Waals surface area contributed by atoms with Crippen LogP contribution < -0.4 is 5.32 Å². The molecular weight excluding hydrogens is 218 g/mol. The molecule has 1 unspecified atom stereocenters. The fourth-order valence-electron chi connectivity index (χ4n) is 2.64. The summed E-state index contributed by atoms with van der Waals surface area (Å²) in [5, 5.41) is 11.9. The van der Waals surface area contributed by atoms with Crippen molar-refractivity contribution in [2.45, 2.75) is 51.9 Å². The third-order valence-electron chi connectivity index (χ3n) is 3.57. The lowest BCUT2D eigenvalue weighted by atomic mass is 9.84. The third kappa shape index (κ3) is 4.75. The normalized spacial score (nSPS) is 19.4. The lowest BCUT2D eigenvalue weighted by Crippen LogP contribution is -2.32. The van der Waals surface area contributed by atoms with Crippen LogP contribution in [0.3, 0.4) is 0 Å². The Bertz CT molecular complexity index is 257. The molecule has 0 aromatic heterocycles. The first-order chi connectivity index (χ1) is 8.15. The molecule has 4 heteroatoms. The van der Waals surface area contributed by atoms with Gasteiger partial charge in [-0.25, -0.2) is 0 Å². The molecule has 17 heavy (non-hydrogen) atoms. The predicted molar refractivity (Wildman–Crippen MR) is 65.6 cm³/mol. The van der Waals surface area contributed by atoms with Gasteiger partial charge in [0, 0.05) is 13.0 Å². The zero-order chi connectivity index (χ0) is 12.7. The maximum atomic E-state index is 11.5. The van der Waals surface area contributed by atoms with Crippen LogP contribution in [0, 0.1) is 11.8 Å². The van der Waals surface area contributed by atoms with E-state index in [9.17, 15) is 14.7 Å². The van der Waals surface area contributed by atoms with E-state index in [2.05, 4.69) is 5.32 Å². The first-order valence-corrected chi connectivity index (χ1v) is 6.64. The van der Waals surface area contributed by atoms with E-state index >= 15 is 0 Å². The molecule has 1 amide bonds. The summed E-state index contributed by atoms with van der Waals surface area (Å²) in [6, 6.07) is 0. The molecule has 0 radical (unpaired) electrons. The Morgan fingerprint density at radius 1 is 1.24 bits per heavy atom. The molecule has 4 nitrogen and oxygen atoms in total. The van der Waals surface area contributed by atoms with Gasteiger partial charge in [-0.2, -0.15) is 0 Å². The number of hydrogen-bond acceptors (Lipinski definition) is 2. The molecule has 2 N–H and O–H groups in total. The third-order valence-corrected chi connectivity index (χ3v) is 3.57. The molecule has 0 saturated heterocycles. The van der Waals surface area contributed by atoms with Gasteiger partial charge in [-0.3, -0.25) is 9.59 Å². The minimum absolute atomic E-state index is 0.133. The van der Waals surface area contributed by atoms with Crippen LogP contribution in [0.25, 0.3) is 0 Å². The number of carbonyl (C=O) groups excluding carboxylic acids is 1. The number of carboxylic acid groups (broad SMARTS) is 1. The summed E-state index contributed by atoms with van der Waals surface area (Å²) in [5.41, 5.74) is 0. The van der Waals surface area contributed by atoms with Crippen molar-refractivity contribution in [1.82, 2.24) is 5.32 Å². The van der Waals surface area contributed by atoms with Crippen LogP contribution in [-0.4, -0.2) is 23.5 Å². The van der Waals surface area contributed by atoms with E-state index < -0.39 is 11.9 Å². The van der Waals surface area contributed by atoms with Gasteiger partial charge in [0.25, 0.3) is 0 Å². The Morgan fingerprint density at radius 2 is 1.82 bits per heavy atom. The van der Waals surface area contributed by atoms with E-state index in [4.69, 9.17) is 0 Å². The number of rotatable bonds is 5. The maximum absolute atomic E-state index is 11.5. The zero-order valence-corrected chi connectivity index (χ0v) is 10.6.